The predicted molar refractivity (Wildman–Crippen MR) is 127 cm³/mol. The molecule has 1 aliphatic carbocycles. The number of esters is 1. The lowest BCUT2D eigenvalue weighted by Crippen LogP contribution is -2.61. The normalized spacial score (nSPS) is 21.9. The van der Waals surface area contributed by atoms with Crippen molar-refractivity contribution in [1.29, 1.82) is 0 Å². The highest BCUT2D eigenvalue weighted by molar-refractivity contribution is 7.80. The van der Waals surface area contributed by atoms with E-state index in [-0.39, 0.29) is 41.5 Å². The van der Waals surface area contributed by atoms with Gasteiger partial charge in [-0.3, -0.25) is 19.3 Å². The number of nitrogens with zero attached hydrogens (tertiary/aromatic N) is 1. The van der Waals surface area contributed by atoms with Crippen LogP contribution in [0.4, 0.5) is 4.39 Å². The number of fused-ring (bicyclic) bond motifs is 1. The number of carbonyl (C=O) groups is 3. The fourth-order valence-corrected chi connectivity index (χ4v) is 4.83. The van der Waals surface area contributed by atoms with Gasteiger partial charge >= 0.3 is 5.97 Å². The number of hydrogen-bond donors (Lipinski definition) is 2. The van der Waals surface area contributed by atoms with E-state index in [1.807, 2.05) is 0 Å². The minimum absolute atomic E-state index is 0.0433. The highest BCUT2D eigenvalue weighted by atomic mass is 32.1. The van der Waals surface area contributed by atoms with E-state index in [1.54, 1.807) is 41.3 Å². The molecule has 7 nitrogen and oxygen atoms in total. The molecule has 1 aliphatic heterocycles. The van der Waals surface area contributed by atoms with E-state index in [4.69, 9.17) is 17.0 Å². The van der Waals surface area contributed by atoms with Gasteiger partial charge in [-0.15, -0.1) is 0 Å². The number of amides is 2. The summed E-state index contributed by atoms with van der Waals surface area (Å²) in [5.74, 6) is -1.31. The Bertz CT molecular complexity index is 1090. The zero-order chi connectivity index (χ0) is 24.2. The maximum Gasteiger partial charge on any atom is 0.308 e. The number of hydrogen-bond acceptors (Lipinski definition) is 5. The summed E-state index contributed by atoms with van der Waals surface area (Å²) in [7, 11) is 1.38. The third-order valence-electron chi connectivity index (χ3n) is 6.45. The fraction of sp³-hybridized carbons (Fsp3) is 0.360. The van der Waals surface area contributed by atoms with Crippen LogP contribution in [0.2, 0.25) is 0 Å². The number of rotatable bonds is 6. The van der Waals surface area contributed by atoms with Gasteiger partial charge in [-0.2, -0.15) is 0 Å². The zero-order valence-electron chi connectivity index (χ0n) is 18.8. The van der Waals surface area contributed by atoms with Crippen LogP contribution in [0.5, 0.6) is 0 Å². The minimum atomic E-state index is -0.322. The number of ether oxygens (including phenoxy) is 1. The van der Waals surface area contributed by atoms with E-state index in [2.05, 4.69) is 10.6 Å². The van der Waals surface area contributed by atoms with Crippen molar-refractivity contribution in [3.05, 3.63) is 71.0 Å². The fourth-order valence-electron chi connectivity index (χ4n) is 4.52. The highest BCUT2D eigenvalue weighted by Gasteiger charge is 2.44. The monoisotopic (exact) mass is 483 g/mol. The second-order valence-corrected chi connectivity index (χ2v) is 9.01. The molecule has 1 heterocycles. The van der Waals surface area contributed by atoms with Gasteiger partial charge in [0.15, 0.2) is 5.11 Å². The summed E-state index contributed by atoms with van der Waals surface area (Å²) in [4.78, 5) is 39.0. The first-order valence-corrected chi connectivity index (χ1v) is 11.6. The maximum absolute atomic E-state index is 13.1. The topological polar surface area (TPSA) is 87.7 Å². The van der Waals surface area contributed by atoms with Gasteiger partial charge in [0.2, 0.25) is 5.91 Å². The van der Waals surface area contributed by atoms with Crippen molar-refractivity contribution < 1.29 is 23.5 Å². The van der Waals surface area contributed by atoms with E-state index in [0.29, 0.717) is 43.0 Å². The Morgan fingerprint density at radius 1 is 1.12 bits per heavy atom. The standard InChI is InChI=1S/C25H26FN3O4S/c1-33-24(32)18-8-11-20-21(12-18)28-25(34)29(23(20)31)14-16-2-6-17(7-3-16)22(30)27-13-15-4-9-19(26)10-5-15/h2-7,9-10,18,20-21H,8,11-14H2,1H3,(H,27,30)(H,28,34). The largest absolute Gasteiger partial charge is 0.469 e. The molecule has 2 N–H and O–H groups in total. The molecule has 2 aliphatic rings. The van der Waals surface area contributed by atoms with E-state index in [1.165, 1.54) is 19.2 Å². The number of carbonyl (C=O) groups excluding carboxylic acids is 3. The van der Waals surface area contributed by atoms with Crippen LogP contribution >= 0.6 is 12.2 Å². The molecule has 0 aromatic heterocycles. The maximum atomic E-state index is 13.1. The first kappa shape index (κ1) is 23.8. The van der Waals surface area contributed by atoms with Gasteiger partial charge in [0.25, 0.3) is 5.91 Å². The Morgan fingerprint density at radius 3 is 2.47 bits per heavy atom. The van der Waals surface area contributed by atoms with Gasteiger partial charge in [-0.1, -0.05) is 24.3 Å². The zero-order valence-corrected chi connectivity index (χ0v) is 19.6. The van der Waals surface area contributed by atoms with Crippen molar-refractivity contribution in [1.82, 2.24) is 15.5 Å². The van der Waals surface area contributed by atoms with Crippen LogP contribution in [0.25, 0.3) is 0 Å². The van der Waals surface area contributed by atoms with Gasteiger partial charge in [0, 0.05) is 18.2 Å². The summed E-state index contributed by atoms with van der Waals surface area (Å²) in [5, 5.41) is 6.39. The van der Waals surface area contributed by atoms with Gasteiger partial charge in [-0.25, -0.2) is 4.39 Å². The van der Waals surface area contributed by atoms with Crippen molar-refractivity contribution in [2.24, 2.45) is 11.8 Å². The Hall–Kier alpha value is -3.33. The molecule has 3 atom stereocenters. The molecule has 2 aromatic carbocycles. The number of nitrogens with one attached hydrogen (secondary N) is 2. The number of halogens is 1. The van der Waals surface area contributed by atoms with E-state index >= 15 is 0 Å². The Balaban J connectivity index is 1.34. The van der Waals surface area contributed by atoms with Crippen molar-refractivity contribution in [3.8, 4) is 0 Å². The number of benzene rings is 2. The van der Waals surface area contributed by atoms with Crippen LogP contribution in [0.15, 0.2) is 48.5 Å². The smallest absolute Gasteiger partial charge is 0.308 e. The van der Waals surface area contributed by atoms with Crippen molar-refractivity contribution in [3.63, 3.8) is 0 Å². The van der Waals surface area contributed by atoms with E-state index < -0.39 is 0 Å². The Kier molecular flexibility index (Phi) is 7.21. The summed E-state index contributed by atoms with van der Waals surface area (Å²) in [6.07, 6.45) is 1.74. The second kappa shape index (κ2) is 10.3. The van der Waals surface area contributed by atoms with Crippen LogP contribution in [-0.2, 0) is 27.4 Å². The predicted octanol–water partition coefficient (Wildman–Crippen LogP) is 2.93. The lowest BCUT2D eigenvalue weighted by Gasteiger charge is -2.43. The molecule has 2 amide bonds. The van der Waals surface area contributed by atoms with Crippen LogP contribution in [0.1, 0.15) is 40.7 Å². The Morgan fingerprint density at radius 2 is 1.79 bits per heavy atom. The third kappa shape index (κ3) is 5.25. The molecule has 2 fully saturated rings. The summed E-state index contributed by atoms with van der Waals surface area (Å²) in [6.45, 7) is 0.592. The Labute approximate surface area is 202 Å². The minimum Gasteiger partial charge on any atom is -0.469 e. The molecule has 9 heteroatoms. The van der Waals surface area contributed by atoms with Crippen LogP contribution in [0.3, 0.4) is 0 Å². The lowest BCUT2D eigenvalue weighted by atomic mass is 9.76. The molecule has 0 radical (unpaired) electrons. The van der Waals surface area contributed by atoms with E-state index in [0.717, 1.165) is 11.1 Å². The average molecular weight is 484 g/mol. The quantitative estimate of drug-likeness (QED) is 0.485. The van der Waals surface area contributed by atoms with E-state index in [9.17, 15) is 18.8 Å². The average Bonchev–Trinajstić information content (AvgIpc) is 2.85. The number of methoxy groups -OCH3 is 1. The van der Waals surface area contributed by atoms with Crippen molar-refractivity contribution >= 4 is 35.1 Å². The van der Waals surface area contributed by atoms with Gasteiger partial charge in [0.05, 0.1) is 25.5 Å². The molecular weight excluding hydrogens is 457 g/mol. The SMILES string of the molecule is COC(=O)C1CCC2C(=O)N(Cc3ccc(C(=O)NCc4ccc(F)cc4)cc3)C(=S)NC2C1. The highest BCUT2D eigenvalue weighted by Crippen LogP contribution is 2.34. The molecule has 0 bridgehead atoms. The molecule has 1 saturated carbocycles. The van der Waals surface area contributed by atoms with Crippen LogP contribution < -0.4 is 10.6 Å². The summed E-state index contributed by atoms with van der Waals surface area (Å²) >= 11 is 5.45. The third-order valence-corrected chi connectivity index (χ3v) is 6.78. The molecule has 34 heavy (non-hydrogen) atoms. The molecule has 4 rings (SSSR count). The second-order valence-electron chi connectivity index (χ2n) is 8.63. The first-order chi connectivity index (χ1) is 16.4. The number of thiocarbonyl (C=S) groups is 1. The molecular formula is C25H26FN3O4S. The van der Waals surface area contributed by atoms with Crippen molar-refractivity contribution in [2.45, 2.75) is 38.4 Å². The molecule has 1 saturated heterocycles. The molecule has 2 aromatic rings. The molecule has 0 spiro atoms. The summed E-state index contributed by atoms with van der Waals surface area (Å²) in [5.41, 5.74) is 2.13. The van der Waals surface area contributed by atoms with Gasteiger partial charge < -0.3 is 15.4 Å². The van der Waals surface area contributed by atoms with Crippen molar-refractivity contribution in [2.75, 3.05) is 7.11 Å². The van der Waals surface area contributed by atoms with Gasteiger partial charge in [-0.05, 0) is 66.9 Å². The first-order valence-electron chi connectivity index (χ1n) is 11.2. The van der Waals surface area contributed by atoms with Crippen LogP contribution in [0, 0.1) is 17.7 Å². The summed E-state index contributed by atoms with van der Waals surface area (Å²) < 4.78 is 17.9. The summed E-state index contributed by atoms with van der Waals surface area (Å²) in [6, 6.07) is 12.8. The molecule has 178 valence electrons. The lowest BCUT2D eigenvalue weighted by molar-refractivity contribution is -0.149. The molecule has 3 unspecified atom stereocenters. The van der Waals surface area contributed by atoms with Gasteiger partial charge in [0.1, 0.15) is 5.82 Å². The van der Waals surface area contributed by atoms with Crippen LogP contribution in [-0.4, -0.2) is 40.9 Å².